The molecule has 19 heavy (non-hydrogen) atoms. The Bertz CT molecular complexity index is 364. The quantitative estimate of drug-likeness (QED) is 0.850. The van der Waals surface area contributed by atoms with Crippen LogP contribution >= 0.6 is 0 Å². The first kappa shape index (κ1) is 15.7. The van der Waals surface area contributed by atoms with E-state index in [1.165, 1.54) is 12.0 Å². The molecule has 106 valence electrons. The van der Waals surface area contributed by atoms with Gasteiger partial charge >= 0.3 is 0 Å². The van der Waals surface area contributed by atoms with E-state index >= 15 is 0 Å². The minimum atomic E-state index is -0.109. The van der Waals surface area contributed by atoms with Crippen molar-refractivity contribution in [1.82, 2.24) is 0 Å². The molecule has 1 aliphatic rings. The molecule has 1 aromatic carbocycles. The molecule has 0 radical (unpaired) electrons. The fourth-order valence-electron chi connectivity index (χ4n) is 2.55. The maximum absolute atomic E-state index is 9.91. The molecule has 3 heteroatoms. The number of carbonyl (C=O) groups excluding carboxylic acids is 1. The third kappa shape index (κ3) is 5.03. The van der Waals surface area contributed by atoms with Crippen molar-refractivity contribution in [1.29, 1.82) is 0 Å². The summed E-state index contributed by atoms with van der Waals surface area (Å²) in [6.07, 6.45) is 4.20. The lowest BCUT2D eigenvalue weighted by atomic mass is 9.80. The molecule has 0 aromatic heterocycles. The molecule has 0 saturated heterocycles. The highest BCUT2D eigenvalue weighted by Crippen LogP contribution is 2.40. The van der Waals surface area contributed by atoms with Crippen LogP contribution in [-0.2, 0) is 16.0 Å². The van der Waals surface area contributed by atoms with Crippen LogP contribution in [0.5, 0.6) is 0 Å². The Morgan fingerprint density at radius 1 is 1.42 bits per heavy atom. The van der Waals surface area contributed by atoms with Crippen LogP contribution in [0.25, 0.3) is 0 Å². The van der Waals surface area contributed by atoms with Crippen LogP contribution < -0.4 is 0 Å². The van der Waals surface area contributed by atoms with E-state index in [4.69, 9.17) is 0 Å². The van der Waals surface area contributed by atoms with Crippen molar-refractivity contribution >= 4 is 6.47 Å². The molecule has 1 saturated carbocycles. The normalized spacial score (nSPS) is 25.3. The average molecular weight is 264 g/mol. The van der Waals surface area contributed by atoms with Gasteiger partial charge in [-0.25, -0.2) is 0 Å². The SMILES string of the molecule is CC1(Cc2ccccc2)CCCC1O.CCOC=O. The monoisotopic (exact) mass is 264 g/mol. The predicted molar refractivity (Wildman–Crippen MR) is 75.8 cm³/mol. The third-order valence-corrected chi connectivity index (χ3v) is 3.72. The van der Waals surface area contributed by atoms with Crippen molar-refractivity contribution in [3.8, 4) is 0 Å². The highest BCUT2D eigenvalue weighted by atomic mass is 16.5. The van der Waals surface area contributed by atoms with E-state index < -0.39 is 0 Å². The first-order valence-electron chi connectivity index (χ1n) is 6.89. The van der Waals surface area contributed by atoms with Gasteiger partial charge in [0.25, 0.3) is 6.47 Å². The lowest BCUT2D eigenvalue weighted by Crippen LogP contribution is -2.28. The van der Waals surface area contributed by atoms with E-state index in [0.29, 0.717) is 13.1 Å². The molecular formula is C16H24O3. The summed E-state index contributed by atoms with van der Waals surface area (Å²) in [4.78, 5) is 9.18. The molecule has 0 spiro atoms. The van der Waals surface area contributed by atoms with Gasteiger partial charge in [0, 0.05) is 0 Å². The number of aliphatic hydroxyl groups is 1. The van der Waals surface area contributed by atoms with Gasteiger partial charge in [-0.15, -0.1) is 0 Å². The topological polar surface area (TPSA) is 46.5 Å². The van der Waals surface area contributed by atoms with Crippen molar-refractivity contribution in [2.45, 2.75) is 45.6 Å². The van der Waals surface area contributed by atoms with Gasteiger partial charge in [-0.05, 0) is 37.2 Å². The molecule has 0 heterocycles. The van der Waals surface area contributed by atoms with E-state index in [0.717, 1.165) is 19.3 Å². The lowest BCUT2D eigenvalue weighted by Gasteiger charge is -2.28. The molecule has 0 bridgehead atoms. The first-order valence-corrected chi connectivity index (χ1v) is 6.89. The van der Waals surface area contributed by atoms with Crippen molar-refractivity contribution < 1.29 is 14.6 Å². The second-order valence-electron chi connectivity index (χ2n) is 5.28. The number of aliphatic hydroxyl groups excluding tert-OH is 1. The van der Waals surface area contributed by atoms with Gasteiger partial charge in [0.1, 0.15) is 0 Å². The van der Waals surface area contributed by atoms with Gasteiger partial charge in [0.2, 0.25) is 0 Å². The van der Waals surface area contributed by atoms with E-state index in [-0.39, 0.29) is 11.5 Å². The van der Waals surface area contributed by atoms with E-state index in [1.54, 1.807) is 6.92 Å². The Hall–Kier alpha value is -1.35. The third-order valence-electron chi connectivity index (χ3n) is 3.72. The molecule has 2 unspecified atom stereocenters. The number of hydrogen-bond donors (Lipinski definition) is 1. The van der Waals surface area contributed by atoms with Crippen LogP contribution in [0.15, 0.2) is 30.3 Å². The molecule has 3 nitrogen and oxygen atoms in total. The van der Waals surface area contributed by atoms with Gasteiger partial charge in [-0.3, -0.25) is 4.79 Å². The Morgan fingerprint density at radius 3 is 2.53 bits per heavy atom. The van der Waals surface area contributed by atoms with Crippen LogP contribution in [0, 0.1) is 5.41 Å². The molecule has 1 N–H and O–H groups in total. The fraction of sp³-hybridized carbons (Fsp3) is 0.562. The second kappa shape index (κ2) is 7.95. The molecule has 2 rings (SSSR count). The van der Waals surface area contributed by atoms with Crippen molar-refractivity contribution in [3.05, 3.63) is 35.9 Å². The zero-order valence-electron chi connectivity index (χ0n) is 11.8. The molecule has 0 aliphatic heterocycles. The first-order chi connectivity index (χ1) is 9.12. The predicted octanol–water partition coefficient (Wildman–Crippen LogP) is 2.96. The number of carbonyl (C=O) groups is 1. The number of ether oxygens (including phenoxy) is 1. The van der Waals surface area contributed by atoms with Gasteiger partial charge < -0.3 is 9.84 Å². The standard InChI is InChI=1S/C13H18O.C3H6O2/c1-13(9-5-8-12(13)14)10-11-6-3-2-4-7-11;1-2-5-3-4/h2-4,6-7,12,14H,5,8-10H2,1H3;3H,2H2,1H3. The Labute approximate surface area is 115 Å². The average Bonchev–Trinajstić information content (AvgIpc) is 2.72. The zero-order valence-corrected chi connectivity index (χ0v) is 11.8. The summed E-state index contributed by atoms with van der Waals surface area (Å²) in [5.74, 6) is 0. The van der Waals surface area contributed by atoms with Crippen LogP contribution in [0.1, 0.15) is 38.7 Å². The summed E-state index contributed by atoms with van der Waals surface area (Å²) in [5, 5.41) is 9.91. The largest absolute Gasteiger partial charge is 0.468 e. The smallest absolute Gasteiger partial charge is 0.293 e. The molecule has 1 aliphatic carbocycles. The number of hydrogen-bond acceptors (Lipinski definition) is 3. The Balaban J connectivity index is 0.000000312. The molecule has 1 fully saturated rings. The summed E-state index contributed by atoms with van der Waals surface area (Å²) in [7, 11) is 0. The van der Waals surface area contributed by atoms with Gasteiger partial charge in [-0.1, -0.05) is 43.7 Å². The Morgan fingerprint density at radius 2 is 2.11 bits per heavy atom. The summed E-state index contributed by atoms with van der Waals surface area (Å²) in [5.41, 5.74) is 1.46. The van der Waals surface area contributed by atoms with Gasteiger partial charge in [-0.2, -0.15) is 0 Å². The van der Waals surface area contributed by atoms with E-state index in [9.17, 15) is 9.90 Å². The van der Waals surface area contributed by atoms with Crippen molar-refractivity contribution in [2.75, 3.05) is 6.61 Å². The minimum absolute atomic E-state index is 0.109. The number of rotatable bonds is 4. The van der Waals surface area contributed by atoms with Gasteiger partial charge in [0.05, 0.1) is 12.7 Å². The maximum Gasteiger partial charge on any atom is 0.293 e. The second-order valence-corrected chi connectivity index (χ2v) is 5.28. The molecule has 2 atom stereocenters. The number of benzene rings is 1. The molecule has 0 amide bonds. The van der Waals surface area contributed by atoms with E-state index in [1.807, 2.05) is 6.07 Å². The maximum atomic E-state index is 9.91. The highest BCUT2D eigenvalue weighted by Gasteiger charge is 2.37. The minimum Gasteiger partial charge on any atom is -0.468 e. The molecular weight excluding hydrogens is 240 g/mol. The van der Waals surface area contributed by atoms with Gasteiger partial charge in [0.15, 0.2) is 0 Å². The highest BCUT2D eigenvalue weighted by molar-refractivity contribution is 5.36. The summed E-state index contributed by atoms with van der Waals surface area (Å²) in [6, 6.07) is 10.5. The Kier molecular flexibility index (Phi) is 6.57. The van der Waals surface area contributed by atoms with Crippen LogP contribution in [-0.4, -0.2) is 24.3 Å². The summed E-state index contributed by atoms with van der Waals surface area (Å²) in [6.45, 7) is 4.87. The zero-order chi connectivity index (χ0) is 14.1. The lowest BCUT2D eigenvalue weighted by molar-refractivity contribution is -0.128. The van der Waals surface area contributed by atoms with E-state index in [2.05, 4.69) is 35.9 Å². The van der Waals surface area contributed by atoms with Crippen LogP contribution in [0.2, 0.25) is 0 Å². The van der Waals surface area contributed by atoms with Crippen molar-refractivity contribution in [3.63, 3.8) is 0 Å². The summed E-state index contributed by atoms with van der Waals surface area (Å²) >= 11 is 0. The van der Waals surface area contributed by atoms with Crippen LogP contribution in [0.4, 0.5) is 0 Å². The summed E-state index contributed by atoms with van der Waals surface area (Å²) < 4.78 is 4.15. The van der Waals surface area contributed by atoms with Crippen LogP contribution in [0.3, 0.4) is 0 Å². The molecule has 1 aromatic rings. The van der Waals surface area contributed by atoms with Crippen molar-refractivity contribution in [2.24, 2.45) is 5.41 Å². The fourth-order valence-corrected chi connectivity index (χ4v) is 2.55.